The summed E-state index contributed by atoms with van der Waals surface area (Å²) >= 11 is 0. The van der Waals surface area contributed by atoms with Gasteiger partial charge in [-0.2, -0.15) is 0 Å². The molecule has 0 amide bonds. The van der Waals surface area contributed by atoms with Gasteiger partial charge in [0.15, 0.2) is 0 Å². The molecular weight excluding hydrogens is 214 g/mol. The van der Waals surface area contributed by atoms with E-state index in [0.717, 1.165) is 37.4 Å². The molecule has 0 atom stereocenters. The van der Waals surface area contributed by atoms with Crippen LogP contribution in [-0.2, 0) is 6.54 Å². The highest BCUT2D eigenvalue weighted by Gasteiger charge is 2.06. The molecule has 0 spiro atoms. The van der Waals surface area contributed by atoms with Gasteiger partial charge in [0.1, 0.15) is 5.65 Å². The minimum Gasteiger partial charge on any atom is -0.396 e. The maximum absolute atomic E-state index is 8.84. The lowest BCUT2D eigenvalue weighted by molar-refractivity contribution is 0.224. The number of aliphatic hydroxyl groups is 1. The van der Waals surface area contributed by atoms with Gasteiger partial charge in [-0.05, 0) is 25.1 Å². The van der Waals surface area contributed by atoms with Crippen molar-refractivity contribution in [3.8, 4) is 0 Å². The van der Waals surface area contributed by atoms with Crippen molar-refractivity contribution in [1.29, 1.82) is 0 Å². The Morgan fingerprint density at radius 1 is 1.41 bits per heavy atom. The molecule has 0 aromatic carbocycles. The Morgan fingerprint density at radius 3 is 3.00 bits per heavy atom. The minimum absolute atomic E-state index is 0.252. The lowest BCUT2D eigenvalue weighted by Gasteiger charge is -2.18. The average molecular weight is 233 g/mol. The van der Waals surface area contributed by atoms with E-state index in [-0.39, 0.29) is 6.61 Å². The summed E-state index contributed by atoms with van der Waals surface area (Å²) in [7, 11) is 0. The fourth-order valence-corrected chi connectivity index (χ4v) is 1.94. The van der Waals surface area contributed by atoms with Crippen LogP contribution in [0, 0.1) is 0 Å². The van der Waals surface area contributed by atoms with Gasteiger partial charge in [0.25, 0.3) is 0 Å². The number of rotatable bonds is 6. The summed E-state index contributed by atoms with van der Waals surface area (Å²) in [5.74, 6) is 0. The number of nitrogens with zero attached hydrogens (tertiary/aromatic N) is 3. The number of fused-ring (bicyclic) bond motifs is 1. The van der Waals surface area contributed by atoms with Crippen molar-refractivity contribution in [2.45, 2.75) is 19.9 Å². The molecule has 2 rings (SSSR count). The summed E-state index contributed by atoms with van der Waals surface area (Å²) in [6.07, 6.45) is 4.90. The van der Waals surface area contributed by atoms with Crippen molar-refractivity contribution in [3.63, 3.8) is 0 Å². The van der Waals surface area contributed by atoms with Crippen LogP contribution < -0.4 is 0 Å². The zero-order valence-corrected chi connectivity index (χ0v) is 10.2. The molecule has 0 aliphatic rings. The SMILES string of the molecule is CCN(CCCO)Cc1cn2ccccc2n1. The van der Waals surface area contributed by atoms with Crippen LogP contribution in [0.25, 0.3) is 5.65 Å². The molecule has 4 nitrogen and oxygen atoms in total. The summed E-state index contributed by atoms with van der Waals surface area (Å²) < 4.78 is 2.04. The van der Waals surface area contributed by atoms with Gasteiger partial charge >= 0.3 is 0 Å². The second-order valence-electron chi connectivity index (χ2n) is 4.14. The summed E-state index contributed by atoms with van der Waals surface area (Å²) in [5, 5.41) is 8.84. The molecule has 2 heterocycles. The van der Waals surface area contributed by atoms with Gasteiger partial charge in [-0.15, -0.1) is 0 Å². The first kappa shape index (κ1) is 12.1. The normalized spacial score (nSPS) is 11.5. The third-order valence-electron chi connectivity index (χ3n) is 2.88. The molecule has 0 aliphatic heterocycles. The first-order valence-electron chi connectivity index (χ1n) is 6.09. The summed E-state index contributed by atoms with van der Waals surface area (Å²) in [6, 6.07) is 6.00. The molecule has 0 unspecified atom stereocenters. The highest BCUT2D eigenvalue weighted by atomic mass is 16.3. The fourth-order valence-electron chi connectivity index (χ4n) is 1.94. The minimum atomic E-state index is 0.252. The molecule has 0 bridgehead atoms. The maximum atomic E-state index is 8.84. The van der Waals surface area contributed by atoms with Crippen molar-refractivity contribution < 1.29 is 5.11 Å². The van der Waals surface area contributed by atoms with Crippen LogP contribution >= 0.6 is 0 Å². The predicted molar refractivity (Wildman–Crippen MR) is 67.8 cm³/mol. The Labute approximate surface area is 102 Å². The zero-order chi connectivity index (χ0) is 12.1. The van der Waals surface area contributed by atoms with Gasteiger partial charge in [-0.1, -0.05) is 13.0 Å². The number of hydrogen-bond donors (Lipinski definition) is 1. The number of aromatic nitrogens is 2. The molecule has 92 valence electrons. The Hall–Kier alpha value is -1.39. The fraction of sp³-hybridized carbons (Fsp3) is 0.462. The van der Waals surface area contributed by atoms with Crippen LogP contribution in [-0.4, -0.2) is 39.1 Å². The van der Waals surface area contributed by atoms with Gasteiger partial charge in [-0.3, -0.25) is 4.90 Å². The molecule has 0 aliphatic carbocycles. The molecule has 0 fully saturated rings. The Balaban J connectivity index is 2.06. The summed E-state index contributed by atoms with van der Waals surface area (Å²) in [4.78, 5) is 6.86. The monoisotopic (exact) mass is 233 g/mol. The van der Waals surface area contributed by atoms with Crippen LogP contribution in [0.4, 0.5) is 0 Å². The standard InChI is InChI=1S/C13H19N3O/c1-2-15(7-5-9-17)10-12-11-16-8-4-3-6-13(16)14-12/h3-4,6,8,11,17H,2,5,7,9-10H2,1H3. The quantitative estimate of drug-likeness (QED) is 0.822. The van der Waals surface area contributed by atoms with Crippen LogP contribution in [0.15, 0.2) is 30.6 Å². The molecule has 0 saturated heterocycles. The van der Waals surface area contributed by atoms with E-state index in [2.05, 4.69) is 23.0 Å². The molecular formula is C13H19N3O. The number of hydrogen-bond acceptors (Lipinski definition) is 3. The smallest absolute Gasteiger partial charge is 0.137 e. The molecule has 4 heteroatoms. The van der Waals surface area contributed by atoms with Crippen molar-refractivity contribution in [2.75, 3.05) is 19.7 Å². The van der Waals surface area contributed by atoms with Gasteiger partial charge in [0.2, 0.25) is 0 Å². The van der Waals surface area contributed by atoms with Crippen LogP contribution in [0.3, 0.4) is 0 Å². The van der Waals surface area contributed by atoms with Crippen LogP contribution in [0.2, 0.25) is 0 Å². The Bertz CT molecular complexity index is 433. The topological polar surface area (TPSA) is 40.8 Å². The zero-order valence-electron chi connectivity index (χ0n) is 10.2. The van der Waals surface area contributed by atoms with E-state index in [9.17, 15) is 0 Å². The molecule has 17 heavy (non-hydrogen) atoms. The summed E-state index contributed by atoms with van der Waals surface area (Å²) in [6.45, 7) is 5.13. The molecule has 0 saturated carbocycles. The first-order chi connectivity index (χ1) is 8.33. The van der Waals surface area contributed by atoms with Crippen LogP contribution in [0.1, 0.15) is 19.0 Å². The second-order valence-corrected chi connectivity index (χ2v) is 4.14. The van der Waals surface area contributed by atoms with E-state index in [4.69, 9.17) is 5.11 Å². The number of imidazole rings is 1. The van der Waals surface area contributed by atoms with E-state index < -0.39 is 0 Å². The Morgan fingerprint density at radius 2 is 2.29 bits per heavy atom. The highest BCUT2D eigenvalue weighted by molar-refractivity contribution is 5.39. The van der Waals surface area contributed by atoms with Gasteiger partial charge in [0.05, 0.1) is 5.69 Å². The first-order valence-corrected chi connectivity index (χ1v) is 6.09. The van der Waals surface area contributed by atoms with Crippen molar-refractivity contribution in [1.82, 2.24) is 14.3 Å². The van der Waals surface area contributed by atoms with Gasteiger partial charge in [0, 0.05) is 32.1 Å². The number of aliphatic hydroxyl groups excluding tert-OH is 1. The van der Waals surface area contributed by atoms with Gasteiger partial charge in [-0.25, -0.2) is 4.98 Å². The third-order valence-corrected chi connectivity index (χ3v) is 2.88. The highest BCUT2D eigenvalue weighted by Crippen LogP contribution is 2.07. The van der Waals surface area contributed by atoms with Crippen molar-refractivity contribution in [3.05, 3.63) is 36.3 Å². The molecule has 0 radical (unpaired) electrons. The molecule has 1 N–H and O–H groups in total. The van der Waals surface area contributed by atoms with E-state index in [1.54, 1.807) is 0 Å². The second kappa shape index (κ2) is 5.80. The van der Waals surface area contributed by atoms with Gasteiger partial charge < -0.3 is 9.51 Å². The molecule has 2 aromatic heterocycles. The summed E-state index contributed by atoms with van der Waals surface area (Å²) in [5.41, 5.74) is 2.07. The van der Waals surface area contributed by atoms with E-state index in [0.29, 0.717) is 0 Å². The molecule has 2 aromatic rings. The van der Waals surface area contributed by atoms with E-state index in [1.165, 1.54) is 0 Å². The lowest BCUT2D eigenvalue weighted by atomic mass is 10.3. The van der Waals surface area contributed by atoms with E-state index >= 15 is 0 Å². The predicted octanol–water partition coefficient (Wildman–Crippen LogP) is 1.54. The van der Waals surface area contributed by atoms with Crippen LogP contribution in [0.5, 0.6) is 0 Å². The largest absolute Gasteiger partial charge is 0.396 e. The van der Waals surface area contributed by atoms with Crippen molar-refractivity contribution in [2.24, 2.45) is 0 Å². The Kier molecular flexibility index (Phi) is 4.12. The third kappa shape index (κ3) is 3.05. The maximum Gasteiger partial charge on any atom is 0.137 e. The van der Waals surface area contributed by atoms with E-state index in [1.807, 2.05) is 28.8 Å². The average Bonchev–Trinajstić information content (AvgIpc) is 2.76. The number of pyridine rings is 1. The van der Waals surface area contributed by atoms with Crippen molar-refractivity contribution >= 4 is 5.65 Å². The lowest BCUT2D eigenvalue weighted by Crippen LogP contribution is -2.24.